The standard InChI is InChI=1S/C15H15N3O2S/c1-18(15(20)12-4-5-14(19)17-8-12)9-11-7-13(21-10-11)3-2-6-16/h4-5,7-8,10H,6,9,16H2,1H3,(H,17,19). The molecular weight excluding hydrogens is 286 g/mol. The van der Waals surface area contributed by atoms with Gasteiger partial charge in [0.1, 0.15) is 0 Å². The fourth-order valence-electron chi connectivity index (χ4n) is 1.77. The Kier molecular flexibility index (Phi) is 4.93. The molecule has 0 aromatic carbocycles. The number of H-pyrrole nitrogens is 1. The van der Waals surface area contributed by atoms with Crippen molar-refractivity contribution in [1.82, 2.24) is 9.88 Å². The lowest BCUT2D eigenvalue weighted by Gasteiger charge is -2.16. The van der Waals surface area contributed by atoms with Gasteiger partial charge in [-0.2, -0.15) is 0 Å². The molecule has 0 spiro atoms. The molecule has 0 atom stereocenters. The summed E-state index contributed by atoms with van der Waals surface area (Å²) >= 11 is 1.53. The maximum atomic E-state index is 12.2. The number of nitrogens with two attached hydrogens (primary N) is 1. The third-order valence-electron chi connectivity index (χ3n) is 2.76. The molecule has 108 valence electrons. The Morgan fingerprint density at radius 1 is 1.48 bits per heavy atom. The third kappa shape index (κ3) is 4.05. The van der Waals surface area contributed by atoms with Crippen molar-refractivity contribution in [3.05, 3.63) is 56.1 Å². The summed E-state index contributed by atoms with van der Waals surface area (Å²) in [7, 11) is 1.72. The average molecular weight is 301 g/mol. The molecule has 0 aliphatic rings. The predicted octanol–water partition coefficient (Wildman–Crippen LogP) is 1.02. The Bertz CT molecular complexity index is 732. The lowest BCUT2D eigenvalue weighted by Crippen LogP contribution is -2.26. The second kappa shape index (κ2) is 6.88. The number of hydrogen-bond acceptors (Lipinski definition) is 4. The summed E-state index contributed by atoms with van der Waals surface area (Å²) in [5, 5.41) is 1.97. The van der Waals surface area contributed by atoms with Gasteiger partial charge in [-0.25, -0.2) is 0 Å². The first-order valence-corrected chi connectivity index (χ1v) is 7.18. The molecule has 5 nitrogen and oxygen atoms in total. The van der Waals surface area contributed by atoms with Crippen LogP contribution >= 0.6 is 11.3 Å². The van der Waals surface area contributed by atoms with Crippen LogP contribution in [0.2, 0.25) is 0 Å². The molecular formula is C15H15N3O2S. The summed E-state index contributed by atoms with van der Waals surface area (Å²) in [6.45, 7) is 0.816. The first-order valence-electron chi connectivity index (χ1n) is 6.30. The van der Waals surface area contributed by atoms with Crippen LogP contribution in [0, 0.1) is 11.8 Å². The molecule has 0 aliphatic heterocycles. The number of carbonyl (C=O) groups excluding carboxylic acids is 1. The van der Waals surface area contributed by atoms with Gasteiger partial charge in [-0.3, -0.25) is 9.59 Å². The Balaban J connectivity index is 2.05. The Morgan fingerprint density at radius 2 is 2.29 bits per heavy atom. The van der Waals surface area contributed by atoms with E-state index < -0.39 is 0 Å². The van der Waals surface area contributed by atoms with Crippen LogP contribution in [0.1, 0.15) is 20.8 Å². The van der Waals surface area contributed by atoms with Crippen LogP contribution in [-0.2, 0) is 6.54 Å². The van der Waals surface area contributed by atoms with E-state index in [4.69, 9.17) is 5.73 Å². The van der Waals surface area contributed by atoms with Crippen molar-refractivity contribution in [2.24, 2.45) is 5.73 Å². The second-order valence-corrected chi connectivity index (χ2v) is 5.34. The quantitative estimate of drug-likeness (QED) is 0.831. The van der Waals surface area contributed by atoms with Crippen molar-refractivity contribution in [3.8, 4) is 11.8 Å². The first-order chi connectivity index (χ1) is 10.1. The van der Waals surface area contributed by atoms with Crippen molar-refractivity contribution >= 4 is 17.2 Å². The highest BCUT2D eigenvalue weighted by molar-refractivity contribution is 7.10. The SMILES string of the molecule is CN(Cc1csc(C#CCN)c1)C(=O)c1ccc(=O)[nH]c1. The summed E-state index contributed by atoms with van der Waals surface area (Å²) in [6.07, 6.45) is 1.42. The number of amides is 1. The van der Waals surface area contributed by atoms with Crippen molar-refractivity contribution in [3.63, 3.8) is 0 Å². The second-order valence-electron chi connectivity index (χ2n) is 4.43. The van der Waals surface area contributed by atoms with Gasteiger partial charge in [-0.05, 0) is 23.1 Å². The van der Waals surface area contributed by atoms with Crippen LogP contribution in [0.15, 0.2) is 34.6 Å². The number of aromatic nitrogens is 1. The van der Waals surface area contributed by atoms with E-state index >= 15 is 0 Å². The van der Waals surface area contributed by atoms with Crippen molar-refractivity contribution in [2.45, 2.75) is 6.54 Å². The van der Waals surface area contributed by atoms with E-state index in [1.54, 1.807) is 11.9 Å². The number of nitrogens with zero attached hydrogens (tertiary/aromatic N) is 1. The van der Waals surface area contributed by atoms with E-state index in [1.807, 2.05) is 11.4 Å². The molecule has 2 aromatic heterocycles. The number of hydrogen-bond donors (Lipinski definition) is 2. The van der Waals surface area contributed by atoms with E-state index in [-0.39, 0.29) is 11.5 Å². The van der Waals surface area contributed by atoms with Gasteiger partial charge in [0.05, 0.1) is 17.0 Å². The van der Waals surface area contributed by atoms with Crippen LogP contribution in [0.3, 0.4) is 0 Å². The van der Waals surface area contributed by atoms with Gasteiger partial charge >= 0.3 is 0 Å². The summed E-state index contributed by atoms with van der Waals surface area (Å²) in [5.41, 5.74) is 6.57. The molecule has 2 heterocycles. The van der Waals surface area contributed by atoms with Gasteiger partial charge in [-0.15, -0.1) is 11.3 Å². The number of pyridine rings is 1. The number of carbonyl (C=O) groups is 1. The molecule has 21 heavy (non-hydrogen) atoms. The zero-order valence-corrected chi connectivity index (χ0v) is 12.4. The van der Waals surface area contributed by atoms with E-state index in [2.05, 4.69) is 16.8 Å². The fourth-order valence-corrected chi connectivity index (χ4v) is 2.54. The lowest BCUT2D eigenvalue weighted by molar-refractivity contribution is 0.0785. The highest BCUT2D eigenvalue weighted by Gasteiger charge is 2.12. The molecule has 2 aromatic rings. The average Bonchev–Trinajstić information content (AvgIpc) is 2.92. The highest BCUT2D eigenvalue weighted by Crippen LogP contribution is 2.15. The molecule has 2 rings (SSSR count). The Morgan fingerprint density at radius 3 is 2.95 bits per heavy atom. The number of nitrogens with one attached hydrogen (secondary N) is 1. The molecule has 0 fully saturated rings. The summed E-state index contributed by atoms with van der Waals surface area (Å²) in [6, 6.07) is 4.81. The van der Waals surface area contributed by atoms with Gasteiger partial charge in [0.25, 0.3) is 5.91 Å². The zero-order valence-electron chi connectivity index (χ0n) is 11.6. The largest absolute Gasteiger partial charge is 0.337 e. The molecule has 0 radical (unpaired) electrons. The highest BCUT2D eigenvalue weighted by atomic mass is 32.1. The number of thiophene rings is 1. The number of aromatic amines is 1. The molecule has 0 unspecified atom stereocenters. The maximum Gasteiger partial charge on any atom is 0.255 e. The molecule has 3 N–H and O–H groups in total. The van der Waals surface area contributed by atoms with Crippen LogP contribution in [0.25, 0.3) is 0 Å². The van der Waals surface area contributed by atoms with E-state index in [9.17, 15) is 9.59 Å². The Labute approximate surface area is 126 Å². The van der Waals surface area contributed by atoms with Crippen LogP contribution in [0.4, 0.5) is 0 Å². The fraction of sp³-hybridized carbons (Fsp3) is 0.200. The minimum absolute atomic E-state index is 0.146. The Hall–Kier alpha value is -2.36. The lowest BCUT2D eigenvalue weighted by atomic mass is 10.2. The topological polar surface area (TPSA) is 79.2 Å². The van der Waals surface area contributed by atoms with Gasteiger partial charge < -0.3 is 15.6 Å². The van der Waals surface area contributed by atoms with Gasteiger partial charge in [0, 0.05) is 25.9 Å². The van der Waals surface area contributed by atoms with E-state index in [0.717, 1.165) is 10.4 Å². The normalized spacial score (nSPS) is 9.81. The van der Waals surface area contributed by atoms with Crippen molar-refractivity contribution in [1.29, 1.82) is 0 Å². The van der Waals surface area contributed by atoms with Gasteiger partial charge in [-0.1, -0.05) is 11.8 Å². The van der Waals surface area contributed by atoms with Crippen LogP contribution in [-0.4, -0.2) is 29.4 Å². The first kappa shape index (κ1) is 15.0. The minimum atomic E-state index is -0.227. The van der Waals surface area contributed by atoms with E-state index in [0.29, 0.717) is 18.7 Å². The zero-order chi connectivity index (χ0) is 15.2. The molecule has 1 amide bonds. The molecule has 0 bridgehead atoms. The number of rotatable bonds is 3. The van der Waals surface area contributed by atoms with Crippen LogP contribution in [0.5, 0.6) is 0 Å². The maximum absolute atomic E-state index is 12.2. The van der Waals surface area contributed by atoms with Gasteiger partial charge in [0.2, 0.25) is 5.56 Å². The monoisotopic (exact) mass is 301 g/mol. The minimum Gasteiger partial charge on any atom is -0.337 e. The molecule has 6 heteroatoms. The van der Waals surface area contributed by atoms with Crippen molar-refractivity contribution < 1.29 is 4.79 Å². The summed E-state index contributed by atoms with van der Waals surface area (Å²) < 4.78 is 0. The summed E-state index contributed by atoms with van der Waals surface area (Å²) in [5.74, 6) is 5.62. The van der Waals surface area contributed by atoms with E-state index in [1.165, 1.54) is 29.7 Å². The molecule has 0 aliphatic carbocycles. The predicted molar refractivity (Wildman–Crippen MR) is 83.1 cm³/mol. The molecule has 0 saturated carbocycles. The molecule has 0 saturated heterocycles. The van der Waals surface area contributed by atoms with Crippen LogP contribution < -0.4 is 11.3 Å². The third-order valence-corrected chi connectivity index (χ3v) is 3.66. The smallest absolute Gasteiger partial charge is 0.255 e. The summed E-state index contributed by atoms with van der Waals surface area (Å²) in [4.78, 5) is 28.2. The van der Waals surface area contributed by atoms with Crippen molar-refractivity contribution in [2.75, 3.05) is 13.6 Å². The van der Waals surface area contributed by atoms with Gasteiger partial charge in [0.15, 0.2) is 0 Å².